The third-order valence-electron chi connectivity index (χ3n) is 14.7. The van der Waals surface area contributed by atoms with Crippen molar-refractivity contribution < 1.29 is 46.2 Å². The maximum Gasteiger partial charge on any atom is 0.407 e. The van der Waals surface area contributed by atoms with Gasteiger partial charge in [0.2, 0.25) is 11.8 Å². The van der Waals surface area contributed by atoms with Crippen molar-refractivity contribution in [1.29, 1.82) is 0 Å². The number of benzene rings is 3. The van der Waals surface area contributed by atoms with Gasteiger partial charge in [0, 0.05) is 31.6 Å². The lowest BCUT2D eigenvalue weighted by Gasteiger charge is -2.35. The van der Waals surface area contributed by atoms with Gasteiger partial charge in [0.1, 0.15) is 41.8 Å². The molecule has 8 atom stereocenters. The van der Waals surface area contributed by atoms with Crippen molar-refractivity contribution in [3.8, 4) is 0 Å². The lowest BCUT2D eigenvalue weighted by molar-refractivity contribution is -0.136. The molecule has 5 aromatic rings. The summed E-state index contributed by atoms with van der Waals surface area (Å²) in [5.74, 6) is -2.05. The van der Waals surface area contributed by atoms with Gasteiger partial charge in [0.25, 0.3) is 0 Å². The second-order valence-corrected chi connectivity index (χ2v) is 20.0. The van der Waals surface area contributed by atoms with Crippen LogP contribution >= 0.6 is 0 Å². The van der Waals surface area contributed by atoms with Crippen LogP contribution in [-0.2, 0) is 19.1 Å². The number of alkyl halides is 2. The highest BCUT2D eigenvalue weighted by Gasteiger charge is 2.44. The molecule has 0 saturated carbocycles. The van der Waals surface area contributed by atoms with Crippen molar-refractivity contribution in [3.05, 3.63) is 82.9 Å². The molecule has 4 N–H and O–H groups in total. The van der Waals surface area contributed by atoms with Crippen molar-refractivity contribution in [1.82, 2.24) is 40.4 Å². The first-order chi connectivity index (χ1) is 34.0. The van der Waals surface area contributed by atoms with Gasteiger partial charge in [0.05, 0.1) is 73.5 Å². The van der Waals surface area contributed by atoms with Gasteiger partial charge in [-0.3, -0.25) is 9.59 Å². The van der Waals surface area contributed by atoms with Crippen LogP contribution in [-0.4, -0.2) is 119 Å². The maximum atomic E-state index is 16.4. The Kier molecular flexibility index (Phi) is 14.1. The fourth-order valence-electron chi connectivity index (χ4n) is 11.1. The monoisotopic (exact) mass is 986 g/mol. The van der Waals surface area contributed by atoms with Crippen LogP contribution in [0.5, 0.6) is 0 Å². The number of halogens is 4. The van der Waals surface area contributed by atoms with Crippen molar-refractivity contribution in [2.24, 2.45) is 11.8 Å². The number of nitrogens with one attached hydrogen (secondary N) is 4. The Morgan fingerprint density at radius 1 is 0.648 bits per heavy atom. The molecule has 71 heavy (non-hydrogen) atoms. The predicted octanol–water partition coefficient (Wildman–Crippen LogP) is 8.77. The number of rotatable bonds is 12. The van der Waals surface area contributed by atoms with Crippen LogP contribution in [0, 0.1) is 23.5 Å². The van der Waals surface area contributed by atoms with E-state index >= 15 is 17.6 Å². The van der Waals surface area contributed by atoms with Crippen molar-refractivity contribution in [2.45, 2.75) is 121 Å². The number of amides is 4. The minimum atomic E-state index is -1.32. The second-order valence-electron chi connectivity index (χ2n) is 20.0. The van der Waals surface area contributed by atoms with Crippen LogP contribution < -0.4 is 20.4 Å². The summed E-state index contributed by atoms with van der Waals surface area (Å²) < 4.78 is 72.7. The van der Waals surface area contributed by atoms with E-state index in [9.17, 15) is 19.2 Å². The Hall–Kier alpha value is -6.60. The van der Waals surface area contributed by atoms with E-state index in [2.05, 4.69) is 20.6 Å². The topological polar surface area (TPSA) is 181 Å². The molecular weight excluding hydrogens is 925 g/mol. The number of anilines is 2. The maximum absolute atomic E-state index is 16.4. The number of fused-ring (bicyclic) bond motifs is 2. The number of carbonyl (C=O) groups excluding carboxylic acids is 4. The van der Waals surface area contributed by atoms with E-state index in [1.165, 1.54) is 36.2 Å². The van der Waals surface area contributed by atoms with E-state index in [0.29, 0.717) is 65.3 Å². The van der Waals surface area contributed by atoms with Gasteiger partial charge < -0.3 is 49.7 Å². The molecule has 6 heterocycles. The molecule has 9 rings (SSSR count). The molecule has 380 valence electrons. The molecule has 4 saturated heterocycles. The number of imidazole rings is 2. The molecule has 20 heteroatoms. The standard InChI is InChI=1S/C51H62F4N10O6/c1-26(2)43(60-50(68)70-5)48(66)63-24-30(52)20-41(63)46-56-35-12-10-28(18-37(35)58-46)39-14-15-40(65(39)32-22-33(54)45(34(55)23-32)62-16-8-7-9-17-62)29-11-13-36-38(19-29)59-47(57-36)42-21-31(53)25-64(42)49(67)44(27(3)4)61-51(69)71-6/h10-13,18-19,22-23,26-27,30-31,39-44H,7-9,14-17,20-21,24-25H2,1-6H3,(H,56,58)(H,57,59)(H,60,68)(H,61,69)/t30-,31-,39-,40?,41+,42+,43+,44+/m1/s1. The SMILES string of the molecule is COC(=O)N[C@H](C(=O)N1C[C@H](F)C[C@H]1c1nc2ccc(C3CC[C@H](c4ccc5nc([C@@H]6C[C@@H](F)CN6C(=O)[C@@H](NC(=O)OC)C(C)C)[nH]c5c4)N3c3cc(F)c(N4CCCCC4)c(F)c3)cc2[nH]1)C(C)C. The summed E-state index contributed by atoms with van der Waals surface area (Å²) in [6, 6.07) is 10.1. The molecule has 4 fully saturated rings. The number of aromatic amines is 2. The van der Waals surface area contributed by atoms with Gasteiger partial charge in [0.15, 0.2) is 11.6 Å². The lowest BCUT2D eigenvalue weighted by atomic mass is 10.0. The number of nitrogens with zero attached hydrogens (tertiary/aromatic N) is 6. The number of ether oxygens (including phenoxy) is 2. The van der Waals surface area contributed by atoms with Gasteiger partial charge in [-0.1, -0.05) is 39.8 Å². The smallest absolute Gasteiger partial charge is 0.407 e. The third kappa shape index (κ3) is 9.77. The zero-order chi connectivity index (χ0) is 50.4. The van der Waals surface area contributed by atoms with Gasteiger partial charge >= 0.3 is 12.2 Å². The summed E-state index contributed by atoms with van der Waals surface area (Å²) in [4.78, 5) is 75.1. The van der Waals surface area contributed by atoms with Crippen LogP contribution in [0.1, 0.15) is 120 Å². The number of aromatic nitrogens is 4. The third-order valence-corrected chi connectivity index (χ3v) is 14.7. The zero-order valence-electron chi connectivity index (χ0n) is 40.8. The van der Waals surface area contributed by atoms with Crippen LogP contribution in [0.3, 0.4) is 0 Å². The van der Waals surface area contributed by atoms with E-state index < -0.39 is 72.1 Å². The Labute approximate surface area is 409 Å². The number of hydrogen-bond donors (Lipinski definition) is 4. The molecule has 4 aliphatic rings. The molecule has 2 aromatic heterocycles. The van der Waals surface area contributed by atoms with Crippen LogP contribution in [0.4, 0.5) is 38.5 Å². The normalized spacial score (nSPS) is 23.5. The molecule has 1 unspecified atom stereocenters. The average molecular weight is 987 g/mol. The number of carbonyl (C=O) groups is 4. The number of piperidine rings is 1. The molecule has 4 amide bonds. The molecular formula is C51H62F4N10O6. The number of hydrogen-bond acceptors (Lipinski definition) is 10. The first-order valence-corrected chi connectivity index (χ1v) is 24.6. The van der Waals surface area contributed by atoms with Crippen LogP contribution in [0.2, 0.25) is 0 Å². The summed E-state index contributed by atoms with van der Waals surface area (Å²) in [6.45, 7) is 7.91. The summed E-state index contributed by atoms with van der Waals surface area (Å²) in [5.41, 5.74) is 4.40. The fraction of sp³-hybridized carbons (Fsp3) is 0.529. The molecule has 3 aromatic carbocycles. The number of H-pyrrole nitrogens is 2. The Balaban J connectivity index is 1.05. The predicted molar refractivity (Wildman–Crippen MR) is 258 cm³/mol. The first-order valence-electron chi connectivity index (χ1n) is 24.6. The number of alkyl carbamates (subject to hydrolysis) is 2. The molecule has 0 spiro atoms. The first kappa shape index (κ1) is 49.4. The van der Waals surface area contributed by atoms with Crippen molar-refractivity contribution in [2.75, 3.05) is 50.2 Å². The van der Waals surface area contributed by atoms with E-state index in [1.54, 1.807) is 32.6 Å². The van der Waals surface area contributed by atoms with Gasteiger partial charge in [-0.25, -0.2) is 37.1 Å². The molecule has 0 bridgehead atoms. The van der Waals surface area contributed by atoms with Crippen LogP contribution in [0.15, 0.2) is 48.5 Å². The summed E-state index contributed by atoms with van der Waals surface area (Å²) in [7, 11) is 2.41. The Bertz CT molecular complexity index is 2620. The minimum Gasteiger partial charge on any atom is -0.453 e. The van der Waals surface area contributed by atoms with Crippen molar-refractivity contribution >= 4 is 57.4 Å². The number of likely N-dealkylation sites (tertiary alicyclic amines) is 2. The van der Waals surface area contributed by atoms with Crippen molar-refractivity contribution in [3.63, 3.8) is 0 Å². The average Bonchev–Trinajstić information content (AvgIpc) is 4.20. The summed E-state index contributed by atoms with van der Waals surface area (Å²) in [6.07, 6.45) is -0.296. The second kappa shape index (κ2) is 20.3. The lowest BCUT2D eigenvalue weighted by Crippen LogP contribution is -2.51. The summed E-state index contributed by atoms with van der Waals surface area (Å²) in [5, 5.41) is 5.18. The van der Waals surface area contributed by atoms with Crippen LogP contribution in [0.25, 0.3) is 22.1 Å². The Morgan fingerprint density at radius 3 is 1.49 bits per heavy atom. The molecule has 0 aliphatic carbocycles. The highest BCUT2D eigenvalue weighted by Crippen LogP contribution is 2.49. The zero-order valence-corrected chi connectivity index (χ0v) is 40.8. The largest absolute Gasteiger partial charge is 0.453 e. The van der Waals surface area contributed by atoms with E-state index in [0.717, 1.165) is 30.4 Å². The molecule has 0 radical (unpaired) electrons. The fourth-order valence-corrected chi connectivity index (χ4v) is 11.1. The summed E-state index contributed by atoms with van der Waals surface area (Å²) >= 11 is 0. The Morgan fingerprint density at radius 2 is 1.08 bits per heavy atom. The van der Waals surface area contributed by atoms with Gasteiger partial charge in [-0.2, -0.15) is 0 Å². The number of methoxy groups -OCH3 is 2. The molecule has 16 nitrogen and oxygen atoms in total. The van der Waals surface area contributed by atoms with E-state index in [4.69, 9.17) is 19.4 Å². The quantitative estimate of drug-likeness (QED) is 0.0883. The highest BCUT2D eigenvalue weighted by atomic mass is 19.1. The minimum absolute atomic E-state index is 0.00674. The highest BCUT2D eigenvalue weighted by molar-refractivity contribution is 5.88. The van der Waals surface area contributed by atoms with E-state index in [-0.39, 0.29) is 55.5 Å². The molecule has 4 aliphatic heterocycles. The van der Waals surface area contributed by atoms with Gasteiger partial charge in [-0.15, -0.1) is 0 Å². The van der Waals surface area contributed by atoms with Gasteiger partial charge in [-0.05, 0) is 91.5 Å². The van der Waals surface area contributed by atoms with E-state index in [1.807, 2.05) is 41.3 Å².